The van der Waals surface area contributed by atoms with Gasteiger partial charge in [0, 0.05) is 12.0 Å². The molecule has 2 nitrogen and oxygen atoms in total. The highest BCUT2D eigenvalue weighted by Crippen LogP contribution is 2.29. The third-order valence-corrected chi connectivity index (χ3v) is 2.40. The van der Waals surface area contributed by atoms with Gasteiger partial charge in [0.15, 0.2) is 5.78 Å². The Morgan fingerprint density at radius 1 is 1.75 bits per heavy atom. The van der Waals surface area contributed by atoms with Crippen LogP contribution >= 0.6 is 0 Å². The number of ketones is 1. The molecule has 0 aromatic rings. The summed E-state index contributed by atoms with van der Waals surface area (Å²) in [4.78, 5) is 11.1. The Balaban J connectivity index is 2.68. The maximum atomic E-state index is 11.1. The number of hydrogen-bond donors (Lipinski definition) is 1. The molecular formula is C10H14O2. The summed E-state index contributed by atoms with van der Waals surface area (Å²) in [6.07, 6.45) is 3.03. The normalized spacial score (nSPS) is 27.6. The maximum absolute atomic E-state index is 11.1. The van der Waals surface area contributed by atoms with Crippen molar-refractivity contribution in [1.29, 1.82) is 0 Å². The average Bonchev–Trinajstić information content (AvgIpc) is 2.05. The summed E-state index contributed by atoms with van der Waals surface area (Å²) in [5.41, 5.74) is 1.65. The quantitative estimate of drug-likeness (QED) is 0.369. The van der Waals surface area contributed by atoms with Gasteiger partial charge in [0.1, 0.15) is 0 Å². The van der Waals surface area contributed by atoms with Gasteiger partial charge in [-0.15, -0.1) is 0 Å². The van der Waals surface area contributed by atoms with E-state index in [9.17, 15) is 4.79 Å². The molecule has 1 saturated carbocycles. The van der Waals surface area contributed by atoms with Crippen LogP contribution in [0.4, 0.5) is 0 Å². The number of rotatable bonds is 1. The van der Waals surface area contributed by atoms with Crippen LogP contribution in [-0.2, 0) is 4.79 Å². The van der Waals surface area contributed by atoms with Crippen molar-refractivity contribution in [3.63, 3.8) is 0 Å². The van der Waals surface area contributed by atoms with E-state index in [1.54, 1.807) is 0 Å². The Morgan fingerprint density at radius 3 is 2.92 bits per heavy atom. The van der Waals surface area contributed by atoms with E-state index in [2.05, 4.69) is 6.58 Å². The van der Waals surface area contributed by atoms with Gasteiger partial charge in [-0.3, -0.25) is 4.79 Å². The van der Waals surface area contributed by atoms with Crippen LogP contribution in [0.3, 0.4) is 0 Å². The van der Waals surface area contributed by atoms with Gasteiger partial charge in [0.25, 0.3) is 0 Å². The van der Waals surface area contributed by atoms with Gasteiger partial charge in [-0.25, -0.2) is 0 Å². The van der Waals surface area contributed by atoms with E-state index >= 15 is 0 Å². The molecule has 1 rings (SSSR count). The fourth-order valence-electron chi connectivity index (χ4n) is 1.49. The molecule has 0 aliphatic heterocycles. The molecule has 0 bridgehead atoms. The van der Waals surface area contributed by atoms with Crippen LogP contribution in [0.1, 0.15) is 26.2 Å². The van der Waals surface area contributed by atoms with E-state index in [1.165, 1.54) is 0 Å². The van der Waals surface area contributed by atoms with Crippen molar-refractivity contribution < 1.29 is 9.90 Å². The predicted molar refractivity (Wildman–Crippen MR) is 47.9 cm³/mol. The molecule has 1 N–H and O–H groups in total. The molecule has 66 valence electrons. The van der Waals surface area contributed by atoms with Gasteiger partial charge in [0.2, 0.25) is 0 Å². The summed E-state index contributed by atoms with van der Waals surface area (Å²) < 4.78 is 0. The first-order valence-corrected chi connectivity index (χ1v) is 4.17. The monoisotopic (exact) mass is 166 g/mol. The van der Waals surface area contributed by atoms with Crippen LogP contribution < -0.4 is 0 Å². The van der Waals surface area contributed by atoms with Gasteiger partial charge in [0.05, 0.1) is 6.26 Å². The zero-order valence-corrected chi connectivity index (χ0v) is 7.34. The molecule has 0 aromatic carbocycles. The maximum Gasteiger partial charge on any atom is 0.161 e. The first-order chi connectivity index (χ1) is 5.65. The first-order valence-electron chi connectivity index (χ1n) is 4.17. The lowest BCUT2D eigenvalue weighted by Crippen LogP contribution is -2.17. The Labute approximate surface area is 72.6 Å². The van der Waals surface area contributed by atoms with Gasteiger partial charge in [-0.05, 0) is 25.7 Å². The zero-order valence-electron chi connectivity index (χ0n) is 7.34. The van der Waals surface area contributed by atoms with Crippen molar-refractivity contribution in [3.05, 3.63) is 24.0 Å². The molecule has 0 radical (unpaired) electrons. The largest absolute Gasteiger partial charge is 0.515 e. The van der Waals surface area contributed by atoms with Gasteiger partial charge < -0.3 is 5.11 Å². The molecule has 2 heteroatoms. The van der Waals surface area contributed by atoms with Crippen LogP contribution in [0.5, 0.6) is 0 Å². The van der Waals surface area contributed by atoms with Crippen LogP contribution in [0.25, 0.3) is 0 Å². The first kappa shape index (κ1) is 9.04. The fourth-order valence-corrected chi connectivity index (χ4v) is 1.49. The number of aliphatic hydroxyl groups excluding tert-OH is 1. The predicted octanol–water partition coefficient (Wildman–Crippen LogP) is 2.37. The lowest BCUT2D eigenvalue weighted by Gasteiger charge is -2.22. The third kappa shape index (κ3) is 1.76. The molecule has 1 atom stereocenters. The van der Waals surface area contributed by atoms with Crippen molar-refractivity contribution in [3.8, 4) is 0 Å². The smallest absolute Gasteiger partial charge is 0.161 e. The number of aliphatic hydroxyl groups is 1. The van der Waals surface area contributed by atoms with Crippen molar-refractivity contribution in [2.75, 3.05) is 0 Å². The average molecular weight is 166 g/mol. The Bertz CT molecular complexity index is 238. The minimum absolute atomic E-state index is 0.0787. The Kier molecular flexibility index (Phi) is 2.69. The van der Waals surface area contributed by atoms with E-state index in [0.717, 1.165) is 18.3 Å². The molecule has 0 aromatic heterocycles. The van der Waals surface area contributed by atoms with Crippen LogP contribution in [0, 0.1) is 5.92 Å². The molecule has 0 spiro atoms. The van der Waals surface area contributed by atoms with Crippen molar-refractivity contribution in [2.24, 2.45) is 5.92 Å². The standard InChI is InChI=1S/C10H14O2/c1-7(2)8-3-4-10(12)9(5-8)6-11/h6,8,11H,1,3-5H2,2H3. The third-order valence-electron chi connectivity index (χ3n) is 2.40. The minimum Gasteiger partial charge on any atom is -0.515 e. The van der Waals surface area contributed by atoms with Crippen molar-refractivity contribution in [2.45, 2.75) is 26.2 Å². The summed E-state index contributed by atoms with van der Waals surface area (Å²) in [6, 6.07) is 0. The van der Waals surface area contributed by atoms with Gasteiger partial charge in [-0.2, -0.15) is 0 Å². The number of allylic oxidation sites excluding steroid dienone is 2. The number of carbonyl (C=O) groups excluding carboxylic acids is 1. The van der Waals surface area contributed by atoms with E-state index in [4.69, 9.17) is 5.11 Å². The van der Waals surface area contributed by atoms with Crippen LogP contribution in [0.2, 0.25) is 0 Å². The molecule has 1 aliphatic carbocycles. The zero-order chi connectivity index (χ0) is 9.14. The highest BCUT2D eigenvalue weighted by Gasteiger charge is 2.23. The molecule has 0 amide bonds. The van der Waals surface area contributed by atoms with E-state index in [-0.39, 0.29) is 5.78 Å². The van der Waals surface area contributed by atoms with Crippen LogP contribution in [0.15, 0.2) is 24.0 Å². The van der Waals surface area contributed by atoms with E-state index in [1.807, 2.05) is 6.92 Å². The molecule has 0 heterocycles. The lowest BCUT2D eigenvalue weighted by atomic mass is 9.82. The summed E-state index contributed by atoms with van der Waals surface area (Å²) in [5.74, 6) is 0.455. The highest BCUT2D eigenvalue weighted by molar-refractivity contribution is 5.95. The molecule has 0 saturated heterocycles. The van der Waals surface area contributed by atoms with E-state index in [0.29, 0.717) is 24.3 Å². The molecule has 12 heavy (non-hydrogen) atoms. The summed E-state index contributed by atoms with van der Waals surface area (Å²) in [7, 11) is 0. The Morgan fingerprint density at radius 2 is 2.42 bits per heavy atom. The second-order valence-electron chi connectivity index (χ2n) is 3.36. The summed E-state index contributed by atoms with van der Waals surface area (Å²) in [6.45, 7) is 5.82. The second kappa shape index (κ2) is 3.57. The Hall–Kier alpha value is -1.05. The summed E-state index contributed by atoms with van der Waals surface area (Å²) in [5, 5.41) is 8.75. The van der Waals surface area contributed by atoms with Gasteiger partial charge >= 0.3 is 0 Å². The number of hydrogen-bond acceptors (Lipinski definition) is 2. The molecule has 1 fully saturated rings. The lowest BCUT2D eigenvalue weighted by molar-refractivity contribution is -0.116. The fraction of sp³-hybridized carbons (Fsp3) is 0.500. The van der Waals surface area contributed by atoms with Gasteiger partial charge in [-0.1, -0.05) is 12.2 Å². The topological polar surface area (TPSA) is 37.3 Å². The molecule has 1 aliphatic rings. The van der Waals surface area contributed by atoms with Crippen LogP contribution in [-0.4, -0.2) is 10.9 Å². The summed E-state index contributed by atoms with van der Waals surface area (Å²) >= 11 is 0. The SMILES string of the molecule is C=C(C)C1CCC(=O)C(=CO)C1. The molecular weight excluding hydrogens is 152 g/mol. The van der Waals surface area contributed by atoms with Crippen molar-refractivity contribution >= 4 is 5.78 Å². The number of Topliss-reactive ketones (excluding diaryl/α,β-unsaturated/α-hetero) is 1. The highest BCUT2D eigenvalue weighted by atomic mass is 16.2. The van der Waals surface area contributed by atoms with Crippen molar-refractivity contribution in [1.82, 2.24) is 0 Å². The molecule has 1 unspecified atom stereocenters. The minimum atomic E-state index is 0.0787. The van der Waals surface area contributed by atoms with E-state index < -0.39 is 0 Å². The second-order valence-corrected chi connectivity index (χ2v) is 3.36. The number of carbonyl (C=O) groups is 1.